The molecule has 1 aliphatic heterocycles. The van der Waals surface area contributed by atoms with Crippen LogP contribution >= 0.6 is 11.3 Å². The third-order valence-corrected chi connectivity index (χ3v) is 5.79. The van der Waals surface area contributed by atoms with Crippen molar-refractivity contribution >= 4 is 44.7 Å². The summed E-state index contributed by atoms with van der Waals surface area (Å²) < 4.78 is 1.03. The smallest absolute Gasteiger partial charge is 0.216 e. The van der Waals surface area contributed by atoms with E-state index >= 15 is 0 Å². The number of hydrogen-bond acceptors (Lipinski definition) is 6. The molecule has 7 nitrogen and oxygen atoms in total. The molecule has 1 unspecified atom stereocenters. The lowest BCUT2D eigenvalue weighted by molar-refractivity contribution is -0.118. The minimum atomic E-state index is -0.0237. The molecule has 0 saturated heterocycles. The maximum atomic E-state index is 11.2. The Labute approximate surface area is 167 Å². The van der Waals surface area contributed by atoms with Crippen LogP contribution in [-0.4, -0.2) is 36.0 Å². The van der Waals surface area contributed by atoms with Crippen molar-refractivity contribution in [2.75, 3.05) is 23.3 Å². The molecule has 4 rings (SSSR count). The molecule has 0 aliphatic carbocycles. The van der Waals surface area contributed by atoms with Gasteiger partial charge in [-0.15, -0.1) is 11.3 Å². The third-order valence-electron chi connectivity index (χ3n) is 4.75. The van der Waals surface area contributed by atoms with E-state index in [1.165, 1.54) is 6.92 Å². The van der Waals surface area contributed by atoms with E-state index in [1.807, 2.05) is 30.3 Å². The molecule has 2 aromatic carbocycles. The number of hydrogen-bond donors (Lipinski definition) is 4. The van der Waals surface area contributed by atoms with Crippen molar-refractivity contribution in [2.24, 2.45) is 5.73 Å². The molecule has 1 aliphatic rings. The van der Waals surface area contributed by atoms with Crippen molar-refractivity contribution < 1.29 is 4.79 Å². The van der Waals surface area contributed by atoms with Crippen LogP contribution in [-0.2, 0) is 11.2 Å². The van der Waals surface area contributed by atoms with Crippen LogP contribution in [0.5, 0.6) is 0 Å². The number of amides is 1. The molecule has 0 fully saturated rings. The Kier molecular flexibility index (Phi) is 4.87. The quantitative estimate of drug-likeness (QED) is 0.380. The predicted octanol–water partition coefficient (Wildman–Crippen LogP) is 2.52. The summed E-state index contributed by atoms with van der Waals surface area (Å²) in [6, 6.07) is 13.9. The van der Waals surface area contributed by atoms with E-state index in [-0.39, 0.29) is 17.9 Å². The number of thiazole rings is 1. The minimum Gasteiger partial charge on any atom is -0.384 e. The second-order valence-corrected chi connectivity index (χ2v) is 7.88. The molecule has 0 spiro atoms. The molecule has 28 heavy (non-hydrogen) atoms. The second kappa shape index (κ2) is 7.47. The van der Waals surface area contributed by atoms with Gasteiger partial charge in [-0.3, -0.25) is 10.2 Å². The van der Waals surface area contributed by atoms with Crippen molar-refractivity contribution in [1.82, 2.24) is 10.3 Å². The lowest BCUT2D eigenvalue weighted by Crippen LogP contribution is -2.42. The number of anilines is 2. The van der Waals surface area contributed by atoms with Gasteiger partial charge < -0.3 is 21.3 Å². The lowest BCUT2D eigenvalue weighted by atomic mass is 10.2. The van der Waals surface area contributed by atoms with Gasteiger partial charge in [0.15, 0.2) is 0 Å². The average Bonchev–Trinajstić information content (AvgIpc) is 3.21. The number of nitrogen functional groups attached to an aromatic ring is 1. The highest BCUT2D eigenvalue weighted by Crippen LogP contribution is 2.35. The molecule has 8 heteroatoms. The van der Waals surface area contributed by atoms with Crippen LogP contribution in [0.1, 0.15) is 17.5 Å². The molecule has 2 heterocycles. The van der Waals surface area contributed by atoms with Gasteiger partial charge in [-0.25, -0.2) is 4.98 Å². The fourth-order valence-corrected chi connectivity index (χ4v) is 4.50. The second-order valence-electron chi connectivity index (χ2n) is 6.76. The summed E-state index contributed by atoms with van der Waals surface area (Å²) in [5, 5.41) is 15.1. The molecule has 0 saturated carbocycles. The van der Waals surface area contributed by atoms with Crippen LogP contribution in [0.4, 0.5) is 11.4 Å². The predicted molar refractivity (Wildman–Crippen MR) is 114 cm³/mol. The van der Waals surface area contributed by atoms with E-state index in [0.717, 1.165) is 33.0 Å². The minimum absolute atomic E-state index is 0.0237. The normalized spacial score (nSPS) is 15.3. The van der Waals surface area contributed by atoms with Gasteiger partial charge in [0, 0.05) is 32.0 Å². The molecule has 1 amide bonds. The third kappa shape index (κ3) is 3.63. The number of carbonyl (C=O) groups is 1. The number of fused-ring (bicyclic) bond motifs is 2. The summed E-state index contributed by atoms with van der Waals surface area (Å²) in [6.07, 6.45) is 0.808. The Bertz CT molecular complexity index is 1050. The summed E-state index contributed by atoms with van der Waals surface area (Å²) in [5.74, 6) is 0.0401. The summed E-state index contributed by atoms with van der Waals surface area (Å²) in [6.45, 7) is 2.83. The summed E-state index contributed by atoms with van der Waals surface area (Å²) in [7, 11) is 0. The maximum Gasteiger partial charge on any atom is 0.216 e. The van der Waals surface area contributed by atoms with E-state index in [1.54, 1.807) is 11.3 Å². The van der Waals surface area contributed by atoms with Gasteiger partial charge in [-0.05, 0) is 30.3 Å². The largest absolute Gasteiger partial charge is 0.384 e. The zero-order valence-electron chi connectivity index (χ0n) is 15.5. The number of para-hydroxylation sites is 2. The van der Waals surface area contributed by atoms with Crippen molar-refractivity contribution in [1.29, 1.82) is 5.41 Å². The van der Waals surface area contributed by atoms with Gasteiger partial charge in [-0.2, -0.15) is 0 Å². The number of aromatic nitrogens is 1. The highest BCUT2D eigenvalue weighted by Gasteiger charge is 2.29. The zero-order chi connectivity index (χ0) is 19.7. The first-order valence-electron chi connectivity index (χ1n) is 9.12. The Morgan fingerprint density at radius 3 is 2.96 bits per heavy atom. The monoisotopic (exact) mass is 394 g/mol. The van der Waals surface area contributed by atoms with Gasteiger partial charge >= 0.3 is 0 Å². The molecule has 1 aromatic heterocycles. The Morgan fingerprint density at radius 2 is 2.18 bits per heavy atom. The van der Waals surface area contributed by atoms with Gasteiger partial charge in [0.2, 0.25) is 5.91 Å². The number of amidine groups is 1. The topological polar surface area (TPSA) is 107 Å². The van der Waals surface area contributed by atoms with Crippen molar-refractivity contribution in [3.8, 4) is 0 Å². The van der Waals surface area contributed by atoms with E-state index in [9.17, 15) is 4.79 Å². The number of rotatable bonds is 6. The number of nitrogens with zero attached hydrogens (tertiary/aromatic N) is 2. The average molecular weight is 395 g/mol. The van der Waals surface area contributed by atoms with Crippen LogP contribution in [0.15, 0.2) is 42.5 Å². The Morgan fingerprint density at radius 1 is 1.36 bits per heavy atom. The number of carbonyl (C=O) groups excluding carboxylic acids is 1. The number of nitrogens with one attached hydrogen (secondary N) is 3. The molecule has 1 atom stereocenters. The molecule has 0 radical (unpaired) electrons. The molecular weight excluding hydrogens is 372 g/mol. The van der Waals surface area contributed by atoms with Crippen LogP contribution in [0.25, 0.3) is 10.2 Å². The van der Waals surface area contributed by atoms with Gasteiger partial charge in [0.05, 0.1) is 26.6 Å². The van der Waals surface area contributed by atoms with Crippen LogP contribution < -0.4 is 21.3 Å². The van der Waals surface area contributed by atoms with E-state index in [2.05, 4.69) is 27.7 Å². The highest BCUT2D eigenvalue weighted by molar-refractivity contribution is 7.18. The Hall–Kier alpha value is -3.13. The standard InChI is InChI=1S/C20H22N6OS/c1-12(27)23-8-9-26-16-5-3-2-4-14(16)24-18(26)11-19-25-15-7-6-13(20(21)22)10-17(15)28-19/h2-7,10,18,24H,8-9,11H2,1H3,(H3,21,22)(H,23,27). The van der Waals surface area contributed by atoms with E-state index in [4.69, 9.17) is 16.1 Å². The lowest BCUT2D eigenvalue weighted by Gasteiger charge is -2.26. The van der Waals surface area contributed by atoms with Gasteiger partial charge in [0.25, 0.3) is 0 Å². The summed E-state index contributed by atoms with van der Waals surface area (Å²) in [5.41, 5.74) is 9.46. The molecule has 3 aromatic rings. The highest BCUT2D eigenvalue weighted by atomic mass is 32.1. The molecule has 0 bridgehead atoms. The first kappa shape index (κ1) is 18.2. The first-order valence-corrected chi connectivity index (χ1v) is 9.93. The molecular formula is C20H22N6OS. The van der Waals surface area contributed by atoms with Crippen molar-refractivity contribution in [3.63, 3.8) is 0 Å². The summed E-state index contributed by atoms with van der Waals surface area (Å²) >= 11 is 1.63. The van der Waals surface area contributed by atoms with Crippen molar-refractivity contribution in [2.45, 2.75) is 19.5 Å². The van der Waals surface area contributed by atoms with Crippen LogP contribution in [0, 0.1) is 5.41 Å². The first-order chi connectivity index (χ1) is 13.5. The van der Waals surface area contributed by atoms with Gasteiger partial charge in [-0.1, -0.05) is 12.1 Å². The van der Waals surface area contributed by atoms with Crippen molar-refractivity contribution in [3.05, 3.63) is 53.0 Å². The maximum absolute atomic E-state index is 11.2. The SMILES string of the molecule is CC(=O)NCCN1c2ccccc2NC1Cc1nc2ccc(C(=N)N)cc2s1. The van der Waals surface area contributed by atoms with Crippen LogP contribution in [0.3, 0.4) is 0 Å². The molecule has 144 valence electrons. The number of nitrogens with two attached hydrogens (primary N) is 1. The van der Waals surface area contributed by atoms with Crippen LogP contribution in [0.2, 0.25) is 0 Å². The Balaban J connectivity index is 1.56. The van der Waals surface area contributed by atoms with Gasteiger partial charge in [0.1, 0.15) is 12.0 Å². The summed E-state index contributed by atoms with van der Waals surface area (Å²) in [4.78, 5) is 18.3. The zero-order valence-corrected chi connectivity index (χ0v) is 16.3. The molecule has 5 N–H and O–H groups in total. The fraction of sp³-hybridized carbons (Fsp3) is 0.250. The van der Waals surface area contributed by atoms with E-state index in [0.29, 0.717) is 18.7 Å². The number of benzene rings is 2. The van der Waals surface area contributed by atoms with E-state index < -0.39 is 0 Å². The fourth-order valence-electron chi connectivity index (χ4n) is 3.45.